The molecule has 2 rings (SSSR count). The molecule has 0 aliphatic carbocycles. The van der Waals surface area contributed by atoms with Gasteiger partial charge in [-0.1, -0.05) is 13.0 Å². The van der Waals surface area contributed by atoms with Crippen molar-refractivity contribution >= 4 is 23.4 Å². The normalized spacial score (nSPS) is 21.9. The second-order valence-electron chi connectivity index (χ2n) is 4.28. The molecule has 4 nitrogen and oxygen atoms in total. The monoisotopic (exact) mass is 252 g/mol. The molecule has 3 atom stereocenters. The molecule has 0 saturated carbocycles. The minimum Gasteiger partial charge on any atom is -0.392 e. The summed E-state index contributed by atoms with van der Waals surface area (Å²) >= 11 is 1.58. The molecule has 1 amide bonds. The fourth-order valence-corrected chi connectivity index (χ4v) is 2.61. The average Bonchev–Trinajstić information content (AvgIpc) is 2.54. The van der Waals surface area contributed by atoms with Gasteiger partial charge in [-0.2, -0.15) is 0 Å². The molecule has 0 radical (unpaired) electrons. The van der Waals surface area contributed by atoms with Crippen LogP contribution in [-0.2, 0) is 4.79 Å². The number of hydrogen-bond donors (Lipinski definition) is 3. The van der Waals surface area contributed by atoms with Crippen molar-refractivity contribution in [1.82, 2.24) is 0 Å². The van der Waals surface area contributed by atoms with Crippen LogP contribution in [0.15, 0.2) is 23.1 Å². The molecule has 1 aromatic carbocycles. The number of nitrogens with two attached hydrogens (primary N) is 1. The van der Waals surface area contributed by atoms with Crippen LogP contribution in [0.4, 0.5) is 5.69 Å². The lowest BCUT2D eigenvalue weighted by Gasteiger charge is -2.14. The fraction of sp³-hybridized carbons (Fsp3) is 0.417. The van der Waals surface area contributed by atoms with Crippen molar-refractivity contribution in [3.05, 3.63) is 23.8 Å². The smallest absolute Gasteiger partial charge is 0.245 e. The van der Waals surface area contributed by atoms with Crippen LogP contribution < -0.4 is 11.1 Å². The van der Waals surface area contributed by atoms with Crippen molar-refractivity contribution in [2.45, 2.75) is 36.1 Å². The molecular formula is C12H16N2O2S. The first-order chi connectivity index (χ1) is 7.99. The van der Waals surface area contributed by atoms with Crippen molar-refractivity contribution < 1.29 is 9.90 Å². The van der Waals surface area contributed by atoms with Crippen LogP contribution in [0.3, 0.4) is 0 Å². The minimum absolute atomic E-state index is 0.110. The maximum Gasteiger partial charge on any atom is 0.245 e. The molecule has 1 aromatic rings. The zero-order chi connectivity index (χ0) is 12.6. The first-order valence-electron chi connectivity index (χ1n) is 5.54. The molecule has 0 spiro atoms. The van der Waals surface area contributed by atoms with E-state index in [0.29, 0.717) is 0 Å². The predicted octanol–water partition coefficient (Wildman–Crippen LogP) is 1.50. The summed E-state index contributed by atoms with van der Waals surface area (Å²) in [6, 6.07) is 5.15. The highest BCUT2D eigenvalue weighted by Gasteiger charge is 2.27. The first-order valence-corrected chi connectivity index (χ1v) is 6.42. The third-order valence-electron chi connectivity index (χ3n) is 2.90. The Bertz CT molecular complexity index is 448. The molecule has 17 heavy (non-hydrogen) atoms. The molecule has 5 heteroatoms. The quantitative estimate of drug-likeness (QED) is 0.713. The largest absolute Gasteiger partial charge is 0.392 e. The summed E-state index contributed by atoms with van der Waals surface area (Å²) in [6.45, 7) is 3.73. The minimum atomic E-state index is -0.557. The van der Waals surface area contributed by atoms with E-state index in [9.17, 15) is 9.90 Å². The average molecular weight is 252 g/mol. The number of aliphatic hydroxyl groups is 1. The molecule has 1 aliphatic rings. The number of thioether (sulfide) groups is 1. The van der Waals surface area contributed by atoms with Gasteiger partial charge in [-0.25, -0.2) is 0 Å². The summed E-state index contributed by atoms with van der Waals surface area (Å²) in [5, 5.41) is 12.3. The Morgan fingerprint density at radius 3 is 2.82 bits per heavy atom. The Labute approximate surface area is 105 Å². The van der Waals surface area contributed by atoms with Gasteiger partial charge < -0.3 is 16.2 Å². The Morgan fingerprint density at radius 2 is 2.18 bits per heavy atom. The van der Waals surface area contributed by atoms with Crippen molar-refractivity contribution in [1.29, 1.82) is 0 Å². The van der Waals surface area contributed by atoms with E-state index in [2.05, 4.69) is 5.32 Å². The van der Waals surface area contributed by atoms with Crippen LogP contribution in [-0.4, -0.2) is 22.4 Å². The van der Waals surface area contributed by atoms with Crippen molar-refractivity contribution in [2.75, 3.05) is 5.32 Å². The Hall–Kier alpha value is -1.04. The standard InChI is InChI=1S/C12H16N2O2S/c1-6(15)7(2)17-8-3-4-9-10(5-8)14-12(16)11(9)13/h3-7,11,15H,13H2,1-2H3,(H,14,16). The number of hydrogen-bond acceptors (Lipinski definition) is 4. The molecule has 0 saturated heterocycles. The number of benzene rings is 1. The van der Waals surface area contributed by atoms with E-state index in [1.165, 1.54) is 0 Å². The van der Waals surface area contributed by atoms with Crippen molar-refractivity contribution in [3.8, 4) is 0 Å². The maximum atomic E-state index is 11.4. The highest BCUT2D eigenvalue weighted by atomic mass is 32.2. The number of rotatable bonds is 3. The lowest BCUT2D eigenvalue weighted by Crippen LogP contribution is -2.19. The van der Waals surface area contributed by atoms with E-state index in [1.54, 1.807) is 18.7 Å². The van der Waals surface area contributed by atoms with Crippen LogP contribution in [0.2, 0.25) is 0 Å². The van der Waals surface area contributed by atoms with Crippen molar-refractivity contribution in [3.63, 3.8) is 0 Å². The lowest BCUT2D eigenvalue weighted by atomic mass is 10.1. The van der Waals surface area contributed by atoms with Gasteiger partial charge >= 0.3 is 0 Å². The number of carbonyl (C=O) groups is 1. The summed E-state index contributed by atoms with van der Waals surface area (Å²) in [7, 11) is 0. The summed E-state index contributed by atoms with van der Waals surface area (Å²) in [6.07, 6.45) is -0.370. The van der Waals surface area contributed by atoms with Crippen LogP contribution >= 0.6 is 11.8 Å². The van der Waals surface area contributed by atoms with Gasteiger partial charge in [-0.05, 0) is 19.1 Å². The highest BCUT2D eigenvalue weighted by Crippen LogP contribution is 2.34. The van der Waals surface area contributed by atoms with Gasteiger partial charge in [0, 0.05) is 21.4 Å². The lowest BCUT2D eigenvalue weighted by molar-refractivity contribution is -0.116. The second kappa shape index (κ2) is 4.68. The maximum absolute atomic E-state index is 11.4. The topological polar surface area (TPSA) is 75.3 Å². The van der Waals surface area contributed by atoms with Gasteiger partial charge in [0.25, 0.3) is 0 Å². The Morgan fingerprint density at radius 1 is 1.47 bits per heavy atom. The third-order valence-corrected chi connectivity index (χ3v) is 4.19. The molecule has 92 valence electrons. The van der Waals surface area contributed by atoms with E-state index in [1.807, 2.05) is 25.1 Å². The second-order valence-corrected chi connectivity index (χ2v) is 5.73. The molecule has 1 heterocycles. The number of anilines is 1. The Kier molecular flexibility index (Phi) is 3.42. The van der Waals surface area contributed by atoms with Gasteiger partial charge in [0.05, 0.1) is 6.10 Å². The van der Waals surface area contributed by atoms with Crippen LogP contribution in [0, 0.1) is 0 Å². The van der Waals surface area contributed by atoms with Crippen LogP contribution in [0.25, 0.3) is 0 Å². The third kappa shape index (κ3) is 2.46. The van der Waals surface area contributed by atoms with E-state index in [4.69, 9.17) is 5.73 Å². The summed E-state index contributed by atoms with van der Waals surface area (Å²) < 4.78 is 0. The number of fused-ring (bicyclic) bond motifs is 1. The summed E-state index contributed by atoms with van der Waals surface area (Å²) in [5.41, 5.74) is 7.35. The highest BCUT2D eigenvalue weighted by molar-refractivity contribution is 8.00. The predicted molar refractivity (Wildman–Crippen MR) is 69.0 cm³/mol. The van der Waals surface area contributed by atoms with E-state index >= 15 is 0 Å². The van der Waals surface area contributed by atoms with E-state index in [0.717, 1.165) is 16.1 Å². The van der Waals surface area contributed by atoms with E-state index < -0.39 is 6.04 Å². The SMILES string of the molecule is CC(O)C(C)Sc1ccc2c(c1)NC(=O)C2N. The Balaban J connectivity index is 2.19. The van der Waals surface area contributed by atoms with Crippen molar-refractivity contribution in [2.24, 2.45) is 5.73 Å². The molecule has 0 fully saturated rings. The molecule has 0 aromatic heterocycles. The van der Waals surface area contributed by atoms with Gasteiger partial charge in [0.1, 0.15) is 6.04 Å². The first kappa shape index (κ1) is 12.4. The number of carbonyl (C=O) groups excluding carboxylic acids is 1. The summed E-state index contributed by atoms with van der Waals surface area (Å²) in [5.74, 6) is -0.161. The molecule has 4 N–H and O–H groups in total. The molecule has 3 unspecified atom stereocenters. The van der Waals surface area contributed by atoms with Crippen LogP contribution in [0.5, 0.6) is 0 Å². The molecule has 0 bridgehead atoms. The van der Waals surface area contributed by atoms with Gasteiger partial charge in [-0.3, -0.25) is 4.79 Å². The zero-order valence-electron chi connectivity index (χ0n) is 9.81. The number of amides is 1. The zero-order valence-corrected chi connectivity index (χ0v) is 10.6. The number of nitrogens with one attached hydrogen (secondary N) is 1. The van der Waals surface area contributed by atoms with E-state index in [-0.39, 0.29) is 17.3 Å². The number of aliphatic hydroxyl groups excluding tert-OH is 1. The van der Waals surface area contributed by atoms with Crippen LogP contribution in [0.1, 0.15) is 25.5 Å². The van der Waals surface area contributed by atoms with Gasteiger partial charge in [-0.15, -0.1) is 11.8 Å². The molecule has 1 aliphatic heterocycles. The van der Waals surface area contributed by atoms with Gasteiger partial charge in [0.2, 0.25) is 5.91 Å². The van der Waals surface area contributed by atoms with Gasteiger partial charge in [0.15, 0.2) is 0 Å². The summed E-state index contributed by atoms with van der Waals surface area (Å²) in [4.78, 5) is 12.4. The molecular weight excluding hydrogens is 236 g/mol. The fourth-order valence-electron chi connectivity index (χ4n) is 1.65.